The molecule has 0 saturated heterocycles. The van der Waals surface area contributed by atoms with E-state index in [4.69, 9.17) is 18.4 Å². The molecule has 0 aliphatic heterocycles. The molecule has 4 aromatic rings. The summed E-state index contributed by atoms with van der Waals surface area (Å²) in [5.74, 6) is 1.89. The third-order valence-electron chi connectivity index (χ3n) is 5.11. The van der Waals surface area contributed by atoms with E-state index in [2.05, 4.69) is 5.16 Å². The first-order valence-corrected chi connectivity index (χ1v) is 10.7. The fourth-order valence-electron chi connectivity index (χ4n) is 3.42. The smallest absolute Gasteiger partial charge is 0.333 e. The van der Waals surface area contributed by atoms with Crippen LogP contribution < -0.4 is 4.74 Å². The first-order chi connectivity index (χ1) is 16.0. The Morgan fingerprint density at radius 1 is 1.00 bits per heavy atom. The monoisotopic (exact) mass is 447 g/mol. The maximum atomic E-state index is 11.2. The normalized spacial score (nSPS) is 11.9. The summed E-state index contributed by atoms with van der Waals surface area (Å²) in [5.41, 5.74) is 3.61. The number of benzene rings is 2. The van der Waals surface area contributed by atoms with E-state index in [1.54, 1.807) is 6.92 Å². The summed E-state index contributed by atoms with van der Waals surface area (Å²) in [6, 6.07) is 20.9. The summed E-state index contributed by atoms with van der Waals surface area (Å²) in [6.45, 7) is 4.31. The van der Waals surface area contributed by atoms with E-state index in [1.165, 1.54) is 0 Å². The Morgan fingerprint density at radius 2 is 1.70 bits per heavy atom. The van der Waals surface area contributed by atoms with Gasteiger partial charge in [-0.2, -0.15) is 0 Å². The van der Waals surface area contributed by atoms with Gasteiger partial charge in [0, 0.05) is 30.2 Å². The Morgan fingerprint density at radius 3 is 2.30 bits per heavy atom. The van der Waals surface area contributed by atoms with E-state index < -0.39 is 12.1 Å². The third kappa shape index (κ3) is 5.70. The zero-order valence-electron chi connectivity index (χ0n) is 18.5. The van der Waals surface area contributed by atoms with Gasteiger partial charge in [-0.25, -0.2) is 4.79 Å². The number of ether oxygens (including phenoxy) is 2. The number of hydrogen-bond acceptors (Lipinski definition) is 6. The van der Waals surface area contributed by atoms with Crippen molar-refractivity contribution in [3.05, 3.63) is 83.7 Å². The van der Waals surface area contributed by atoms with E-state index >= 15 is 0 Å². The molecule has 1 N–H and O–H groups in total. The fourth-order valence-corrected chi connectivity index (χ4v) is 3.42. The molecule has 0 aliphatic rings. The van der Waals surface area contributed by atoms with Gasteiger partial charge in [-0.15, -0.1) is 0 Å². The second kappa shape index (κ2) is 10.2. The molecule has 33 heavy (non-hydrogen) atoms. The van der Waals surface area contributed by atoms with Crippen molar-refractivity contribution < 1.29 is 28.3 Å². The number of aryl methyl sites for hydroxylation is 1. The molecule has 7 heteroatoms. The minimum Gasteiger partial charge on any atom is -0.486 e. The summed E-state index contributed by atoms with van der Waals surface area (Å²) >= 11 is 0. The van der Waals surface area contributed by atoms with E-state index in [-0.39, 0.29) is 6.61 Å². The highest BCUT2D eigenvalue weighted by Crippen LogP contribution is 2.27. The van der Waals surface area contributed by atoms with Crippen LogP contribution in [0.1, 0.15) is 23.9 Å². The highest BCUT2D eigenvalue weighted by atomic mass is 16.5. The van der Waals surface area contributed by atoms with Crippen LogP contribution in [0.15, 0.2) is 75.7 Å². The standard InChI is InChI=1S/C26H25NO6/c1-3-30-25(26(28)29)15-18-4-10-21(11-5-18)31-16-22-12-13-23(32-22)19-6-8-20(9-7-19)24-14-17(2)27-33-24/h4-14,25H,3,15-16H2,1-2H3,(H,28,29)/t25-/m0/s1. The summed E-state index contributed by atoms with van der Waals surface area (Å²) < 4.78 is 22.3. The number of rotatable bonds is 10. The molecule has 0 amide bonds. The molecule has 7 nitrogen and oxygen atoms in total. The predicted octanol–water partition coefficient (Wildman–Crippen LogP) is 5.52. The molecule has 0 radical (unpaired) electrons. The van der Waals surface area contributed by atoms with Gasteiger partial charge in [0.25, 0.3) is 0 Å². The van der Waals surface area contributed by atoms with Crippen LogP contribution in [-0.2, 0) is 22.6 Å². The second-order valence-corrected chi connectivity index (χ2v) is 7.59. The molecule has 0 bridgehead atoms. The number of aliphatic carboxylic acids is 1. The van der Waals surface area contributed by atoms with Crippen LogP contribution in [-0.4, -0.2) is 28.9 Å². The van der Waals surface area contributed by atoms with Crippen molar-refractivity contribution in [1.29, 1.82) is 0 Å². The number of nitrogens with zero attached hydrogens (tertiary/aromatic N) is 1. The van der Waals surface area contributed by atoms with Crippen LogP contribution in [0.25, 0.3) is 22.6 Å². The van der Waals surface area contributed by atoms with Crippen LogP contribution in [0.4, 0.5) is 0 Å². The van der Waals surface area contributed by atoms with Crippen LogP contribution in [0.3, 0.4) is 0 Å². The SMILES string of the molecule is CCO[C@@H](Cc1ccc(OCc2ccc(-c3ccc(-c4cc(C)no4)cc3)o2)cc1)C(=O)O. The van der Waals surface area contributed by atoms with E-state index in [1.807, 2.05) is 73.7 Å². The lowest BCUT2D eigenvalue weighted by molar-refractivity contribution is -0.149. The van der Waals surface area contributed by atoms with Gasteiger partial charge in [0.1, 0.15) is 23.9 Å². The maximum absolute atomic E-state index is 11.2. The lowest BCUT2D eigenvalue weighted by atomic mass is 10.1. The predicted molar refractivity (Wildman–Crippen MR) is 122 cm³/mol. The molecule has 0 saturated carbocycles. The van der Waals surface area contributed by atoms with Crippen LogP contribution >= 0.6 is 0 Å². The number of aromatic nitrogens is 1. The van der Waals surface area contributed by atoms with Gasteiger partial charge in [-0.1, -0.05) is 41.6 Å². The van der Waals surface area contributed by atoms with Crippen LogP contribution in [0, 0.1) is 6.92 Å². The largest absolute Gasteiger partial charge is 0.486 e. The first-order valence-electron chi connectivity index (χ1n) is 10.7. The Hall–Kier alpha value is -3.84. The molecule has 0 spiro atoms. The minimum atomic E-state index is -0.964. The van der Waals surface area contributed by atoms with Crippen molar-refractivity contribution >= 4 is 5.97 Å². The van der Waals surface area contributed by atoms with Gasteiger partial charge in [0.15, 0.2) is 11.9 Å². The van der Waals surface area contributed by atoms with Crippen molar-refractivity contribution in [1.82, 2.24) is 5.16 Å². The molecule has 0 aliphatic carbocycles. The molecule has 2 heterocycles. The molecule has 2 aromatic carbocycles. The zero-order chi connectivity index (χ0) is 23.2. The molecular formula is C26H25NO6. The van der Waals surface area contributed by atoms with Crippen LogP contribution in [0.5, 0.6) is 5.75 Å². The lowest BCUT2D eigenvalue weighted by Crippen LogP contribution is -2.26. The van der Waals surface area contributed by atoms with Crippen LogP contribution in [0.2, 0.25) is 0 Å². The zero-order valence-corrected chi connectivity index (χ0v) is 18.5. The van der Waals surface area contributed by atoms with Crippen molar-refractivity contribution in [2.24, 2.45) is 0 Å². The van der Waals surface area contributed by atoms with Gasteiger partial charge < -0.3 is 23.5 Å². The number of carboxylic acid groups (broad SMARTS) is 1. The Labute approximate surface area is 191 Å². The first kappa shape index (κ1) is 22.4. The van der Waals surface area contributed by atoms with Crippen molar-refractivity contribution in [3.8, 4) is 28.4 Å². The van der Waals surface area contributed by atoms with Gasteiger partial charge in [-0.3, -0.25) is 0 Å². The number of carbonyl (C=O) groups is 1. The maximum Gasteiger partial charge on any atom is 0.333 e. The number of furan rings is 1. The Balaban J connectivity index is 1.34. The topological polar surface area (TPSA) is 94.9 Å². The van der Waals surface area contributed by atoms with Gasteiger partial charge in [-0.05, 0) is 43.7 Å². The minimum absolute atomic E-state index is 0.283. The van der Waals surface area contributed by atoms with Gasteiger partial charge in [0.2, 0.25) is 0 Å². The molecule has 1 atom stereocenters. The third-order valence-corrected chi connectivity index (χ3v) is 5.11. The number of carboxylic acids is 1. The average Bonchev–Trinajstić information content (AvgIpc) is 3.47. The molecule has 4 rings (SSSR count). The highest BCUT2D eigenvalue weighted by molar-refractivity contribution is 5.72. The van der Waals surface area contributed by atoms with E-state index in [9.17, 15) is 9.90 Å². The second-order valence-electron chi connectivity index (χ2n) is 7.59. The Kier molecular flexibility index (Phi) is 6.90. The summed E-state index contributed by atoms with van der Waals surface area (Å²) in [6.07, 6.45) is -0.544. The van der Waals surface area contributed by atoms with E-state index in [0.717, 1.165) is 33.9 Å². The van der Waals surface area contributed by atoms with E-state index in [0.29, 0.717) is 24.5 Å². The molecular weight excluding hydrogens is 422 g/mol. The van der Waals surface area contributed by atoms with Crippen molar-refractivity contribution in [3.63, 3.8) is 0 Å². The summed E-state index contributed by atoms with van der Waals surface area (Å²) in [5, 5.41) is 13.1. The number of hydrogen-bond donors (Lipinski definition) is 1. The van der Waals surface area contributed by atoms with Crippen molar-refractivity contribution in [2.45, 2.75) is 33.0 Å². The summed E-state index contributed by atoms with van der Waals surface area (Å²) in [4.78, 5) is 11.2. The average molecular weight is 447 g/mol. The lowest BCUT2D eigenvalue weighted by Gasteiger charge is -2.12. The van der Waals surface area contributed by atoms with Crippen molar-refractivity contribution in [2.75, 3.05) is 6.61 Å². The molecule has 2 aromatic heterocycles. The van der Waals surface area contributed by atoms with Gasteiger partial charge >= 0.3 is 5.97 Å². The highest BCUT2D eigenvalue weighted by Gasteiger charge is 2.18. The molecule has 0 fully saturated rings. The Bertz CT molecular complexity index is 1190. The summed E-state index contributed by atoms with van der Waals surface area (Å²) in [7, 11) is 0. The van der Waals surface area contributed by atoms with Gasteiger partial charge in [0.05, 0.1) is 5.69 Å². The molecule has 170 valence electrons. The molecule has 0 unspecified atom stereocenters. The quantitative estimate of drug-likeness (QED) is 0.342. The fraction of sp³-hybridized carbons (Fsp3) is 0.231.